The largest absolute Gasteiger partial charge is 0.452 e. The summed E-state index contributed by atoms with van der Waals surface area (Å²) in [5, 5.41) is 2.91. The molecule has 3 rings (SSSR count). The molecule has 1 unspecified atom stereocenters. The molecule has 1 amide bonds. The van der Waals surface area contributed by atoms with Gasteiger partial charge in [-0.15, -0.1) is 0 Å². The van der Waals surface area contributed by atoms with Gasteiger partial charge >= 0.3 is 5.97 Å². The van der Waals surface area contributed by atoms with Crippen molar-refractivity contribution in [3.8, 4) is 0 Å². The Bertz CT molecular complexity index is 743. The highest BCUT2D eigenvalue weighted by molar-refractivity contribution is 5.91. The summed E-state index contributed by atoms with van der Waals surface area (Å²) < 4.78 is 17.8. The number of fused-ring (bicyclic) bond motifs is 1. The summed E-state index contributed by atoms with van der Waals surface area (Å²) in [5.74, 6) is -1.42. The lowest BCUT2D eigenvalue weighted by Gasteiger charge is -2.26. The first-order valence-electron chi connectivity index (χ1n) is 7.93. The standard InChI is InChI=1S/C19H18FNO3/c20-15-10-8-14(9-11-15)19(23)24-12-18(22)21-17-7-3-5-13-4-1-2-6-16(13)17/h1-2,4,6,8-11,17H,3,5,7,12H2,(H,21,22). The number of carbonyl (C=O) groups excluding carboxylic acids is 2. The molecule has 124 valence electrons. The predicted octanol–water partition coefficient (Wildman–Crippen LogP) is 3.18. The van der Waals surface area contributed by atoms with Gasteiger partial charge in [0.05, 0.1) is 11.6 Å². The van der Waals surface area contributed by atoms with E-state index < -0.39 is 11.8 Å². The van der Waals surface area contributed by atoms with Crippen molar-refractivity contribution in [3.63, 3.8) is 0 Å². The molecule has 4 nitrogen and oxygen atoms in total. The van der Waals surface area contributed by atoms with Gasteiger partial charge in [0, 0.05) is 0 Å². The van der Waals surface area contributed by atoms with Gasteiger partial charge in [-0.3, -0.25) is 4.79 Å². The van der Waals surface area contributed by atoms with E-state index in [1.54, 1.807) is 0 Å². The van der Waals surface area contributed by atoms with Crippen LogP contribution in [0.5, 0.6) is 0 Å². The molecule has 5 heteroatoms. The van der Waals surface area contributed by atoms with Crippen molar-refractivity contribution < 1.29 is 18.7 Å². The lowest BCUT2D eigenvalue weighted by molar-refractivity contribution is -0.125. The highest BCUT2D eigenvalue weighted by Crippen LogP contribution is 2.29. The molecule has 0 heterocycles. The Morgan fingerprint density at radius 3 is 2.67 bits per heavy atom. The number of halogens is 1. The van der Waals surface area contributed by atoms with E-state index in [9.17, 15) is 14.0 Å². The Kier molecular flexibility index (Phi) is 4.89. The highest BCUT2D eigenvalue weighted by atomic mass is 19.1. The Hall–Kier alpha value is -2.69. The van der Waals surface area contributed by atoms with Crippen LogP contribution in [-0.2, 0) is 16.0 Å². The van der Waals surface area contributed by atoms with Crippen LogP contribution in [0.4, 0.5) is 4.39 Å². The van der Waals surface area contributed by atoms with Crippen molar-refractivity contribution >= 4 is 11.9 Å². The summed E-state index contributed by atoms with van der Waals surface area (Å²) in [6.45, 7) is -0.352. The van der Waals surface area contributed by atoms with Crippen molar-refractivity contribution in [1.29, 1.82) is 0 Å². The molecular formula is C19H18FNO3. The van der Waals surface area contributed by atoms with Crippen LogP contribution in [0.3, 0.4) is 0 Å². The molecule has 0 fully saturated rings. The average Bonchev–Trinajstić information content (AvgIpc) is 2.61. The van der Waals surface area contributed by atoms with Gasteiger partial charge in [-0.2, -0.15) is 0 Å². The van der Waals surface area contributed by atoms with Gasteiger partial charge < -0.3 is 10.1 Å². The maximum Gasteiger partial charge on any atom is 0.338 e. The van der Waals surface area contributed by atoms with Crippen LogP contribution in [-0.4, -0.2) is 18.5 Å². The summed E-state index contributed by atoms with van der Waals surface area (Å²) in [6.07, 6.45) is 2.90. The fourth-order valence-electron chi connectivity index (χ4n) is 2.94. The van der Waals surface area contributed by atoms with Crippen molar-refractivity contribution in [2.24, 2.45) is 0 Å². The van der Waals surface area contributed by atoms with Crippen LogP contribution in [0, 0.1) is 5.82 Å². The zero-order chi connectivity index (χ0) is 16.9. The maximum atomic E-state index is 12.8. The number of hydrogen-bond donors (Lipinski definition) is 1. The van der Waals surface area contributed by atoms with Gasteiger partial charge in [0.15, 0.2) is 6.61 Å². The van der Waals surface area contributed by atoms with E-state index in [1.165, 1.54) is 29.8 Å². The summed E-state index contributed by atoms with van der Waals surface area (Å²) >= 11 is 0. The summed E-state index contributed by atoms with van der Waals surface area (Å²) in [7, 11) is 0. The first kappa shape index (κ1) is 16.2. The minimum atomic E-state index is -0.644. The van der Waals surface area contributed by atoms with Gasteiger partial charge in [-0.25, -0.2) is 9.18 Å². The zero-order valence-electron chi connectivity index (χ0n) is 13.1. The SMILES string of the molecule is O=C(COC(=O)c1ccc(F)cc1)NC1CCCc2ccccc21. The molecule has 24 heavy (non-hydrogen) atoms. The number of ether oxygens (including phenoxy) is 1. The monoisotopic (exact) mass is 327 g/mol. The Morgan fingerprint density at radius 1 is 1.12 bits per heavy atom. The Morgan fingerprint density at radius 2 is 1.88 bits per heavy atom. The Labute approximate surface area is 139 Å². The smallest absolute Gasteiger partial charge is 0.338 e. The molecule has 0 spiro atoms. The number of carbonyl (C=O) groups is 2. The molecule has 1 atom stereocenters. The molecule has 1 N–H and O–H groups in total. The lowest BCUT2D eigenvalue weighted by atomic mass is 9.88. The van der Waals surface area contributed by atoms with Crippen LogP contribution < -0.4 is 5.32 Å². The molecule has 0 bridgehead atoms. The molecule has 0 saturated heterocycles. The number of rotatable bonds is 4. The van der Waals surface area contributed by atoms with Crippen LogP contribution in [0.15, 0.2) is 48.5 Å². The number of hydrogen-bond acceptors (Lipinski definition) is 3. The topological polar surface area (TPSA) is 55.4 Å². The predicted molar refractivity (Wildman–Crippen MR) is 86.9 cm³/mol. The van der Waals surface area contributed by atoms with Crippen LogP contribution in [0.25, 0.3) is 0 Å². The van der Waals surface area contributed by atoms with Crippen LogP contribution in [0.1, 0.15) is 40.4 Å². The number of benzene rings is 2. The van der Waals surface area contributed by atoms with Gasteiger partial charge in [-0.05, 0) is 54.7 Å². The summed E-state index contributed by atoms with van der Waals surface area (Å²) in [4.78, 5) is 23.9. The molecule has 1 aliphatic rings. The Balaban J connectivity index is 1.55. The van der Waals surface area contributed by atoms with Crippen LogP contribution >= 0.6 is 0 Å². The molecule has 0 aromatic heterocycles. The number of aryl methyl sites for hydroxylation is 1. The van der Waals surface area contributed by atoms with E-state index in [0.29, 0.717) is 0 Å². The van der Waals surface area contributed by atoms with E-state index in [-0.39, 0.29) is 24.1 Å². The molecule has 0 saturated carbocycles. The van der Waals surface area contributed by atoms with Gasteiger partial charge in [0.1, 0.15) is 5.82 Å². The summed E-state index contributed by atoms with van der Waals surface area (Å²) in [5.41, 5.74) is 2.59. The third kappa shape index (κ3) is 3.79. The van der Waals surface area contributed by atoms with E-state index in [2.05, 4.69) is 11.4 Å². The maximum absolute atomic E-state index is 12.8. The molecular weight excluding hydrogens is 309 g/mol. The van der Waals surface area contributed by atoms with Crippen LogP contribution in [0.2, 0.25) is 0 Å². The second-order valence-corrected chi connectivity index (χ2v) is 5.79. The second-order valence-electron chi connectivity index (χ2n) is 5.79. The van der Waals surface area contributed by atoms with Crippen molar-refractivity contribution in [2.75, 3.05) is 6.61 Å². The first-order valence-corrected chi connectivity index (χ1v) is 7.93. The quantitative estimate of drug-likeness (QED) is 0.878. The van der Waals surface area contributed by atoms with E-state index in [4.69, 9.17) is 4.74 Å². The van der Waals surface area contributed by atoms with Crippen molar-refractivity contribution in [3.05, 3.63) is 71.0 Å². The van der Waals surface area contributed by atoms with E-state index in [1.807, 2.05) is 18.2 Å². The molecule has 2 aromatic carbocycles. The fraction of sp³-hybridized carbons (Fsp3) is 0.263. The van der Waals surface area contributed by atoms with Gasteiger partial charge in [-0.1, -0.05) is 24.3 Å². The second kappa shape index (κ2) is 7.25. The normalized spacial score (nSPS) is 16.1. The van der Waals surface area contributed by atoms with Crippen molar-refractivity contribution in [1.82, 2.24) is 5.32 Å². The molecule has 2 aromatic rings. The lowest BCUT2D eigenvalue weighted by Crippen LogP contribution is -2.34. The average molecular weight is 327 g/mol. The minimum Gasteiger partial charge on any atom is -0.452 e. The number of amides is 1. The third-order valence-electron chi connectivity index (χ3n) is 4.12. The van der Waals surface area contributed by atoms with Crippen molar-refractivity contribution in [2.45, 2.75) is 25.3 Å². The van der Waals surface area contributed by atoms with Gasteiger partial charge in [0.2, 0.25) is 0 Å². The van der Waals surface area contributed by atoms with E-state index >= 15 is 0 Å². The van der Waals surface area contributed by atoms with E-state index in [0.717, 1.165) is 24.8 Å². The third-order valence-corrected chi connectivity index (χ3v) is 4.12. The molecule has 0 aliphatic heterocycles. The van der Waals surface area contributed by atoms with Gasteiger partial charge in [0.25, 0.3) is 5.91 Å². The number of nitrogens with one attached hydrogen (secondary N) is 1. The summed E-state index contributed by atoms with van der Waals surface area (Å²) in [6, 6.07) is 13.0. The molecule has 0 radical (unpaired) electrons. The highest BCUT2D eigenvalue weighted by Gasteiger charge is 2.21. The molecule has 1 aliphatic carbocycles. The fourth-order valence-corrected chi connectivity index (χ4v) is 2.94. The zero-order valence-corrected chi connectivity index (χ0v) is 13.1. The first-order chi connectivity index (χ1) is 11.6. The number of esters is 1. The minimum absolute atomic E-state index is 0.0491.